The van der Waals surface area contributed by atoms with E-state index in [0.29, 0.717) is 0 Å². The second-order valence-electron chi connectivity index (χ2n) is 9.07. The number of rotatable bonds is 12. The molecule has 36 heavy (non-hydrogen) atoms. The number of ether oxygens (including phenoxy) is 4. The van der Waals surface area contributed by atoms with Gasteiger partial charge in [0.2, 0.25) is 0 Å². The molecule has 0 aliphatic heterocycles. The van der Waals surface area contributed by atoms with Crippen LogP contribution < -0.4 is 0 Å². The van der Waals surface area contributed by atoms with Gasteiger partial charge in [-0.25, -0.2) is 19.2 Å². The summed E-state index contributed by atoms with van der Waals surface area (Å²) in [5.74, 6) is -3.28. The maximum atomic E-state index is 12.7. The standard InChI is InChI=1S/C26H34O10/c1-15(2)21(27)35-17(5)25(7,31)13-33-23(29)19-11-9-10-12-20(19)24(30)34-14-26(8,32)18(6)36-22(28)16(3)4/h9-12,17-18,31-32H,1,3,13-14H2,2,4-8H3. The summed E-state index contributed by atoms with van der Waals surface area (Å²) in [5, 5.41) is 21.1. The third-order valence-corrected chi connectivity index (χ3v) is 5.37. The second kappa shape index (κ2) is 12.5. The van der Waals surface area contributed by atoms with E-state index in [4.69, 9.17) is 18.9 Å². The molecule has 0 aromatic heterocycles. The molecule has 0 fully saturated rings. The van der Waals surface area contributed by atoms with E-state index in [9.17, 15) is 29.4 Å². The highest BCUT2D eigenvalue weighted by molar-refractivity contribution is 6.03. The van der Waals surface area contributed by atoms with Crippen molar-refractivity contribution in [3.05, 3.63) is 59.7 Å². The molecule has 0 saturated heterocycles. The highest BCUT2D eigenvalue weighted by Crippen LogP contribution is 2.20. The van der Waals surface area contributed by atoms with E-state index >= 15 is 0 Å². The first-order valence-electron chi connectivity index (χ1n) is 11.1. The summed E-state index contributed by atoms with van der Waals surface area (Å²) in [6.07, 6.45) is -2.06. The van der Waals surface area contributed by atoms with Gasteiger partial charge in [-0.1, -0.05) is 25.3 Å². The normalized spacial score (nSPS) is 15.8. The number of carbonyl (C=O) groups is 4. The summed E-state index contributed by atoms with van der Waals surface area (Å²) in [4.78, 5) is 48.8. The van der Waals surface area contributed by atoms with Crippen LogP contribution in [-0.4, -0.2) is 70.7 Å². The van der Waals surface area contributed by atoms with Gasteiger partial charge in [-0.2, -0.15) is 0 Å². The molecule has 0 radical (unpaired) electrons. The van der Waals surface area contributed by atoms with Crippen molar-refractivity contribution in [2.75, 3.05) is 13.2 Å². The number of hydrogen-bond acceptors (Lipinski definition) is 10. The highest BCUT2D eigenvalue weighted by atomic mass is 16.6. The minimum absolute atomic E-state index is 0.143. The van der Waals surface area contributed by atoms with Crippen LogP contribution in [-0.2, 0) is 28.5 Å². The predicted octanol–water partition coefficient (Wildman–Crippen LogP) is 2.52. The predicted molar refractivity (Wildman–Crippen MR) is 129 cm³/mol. The molecule has 4 atom stereocenters. The molecule has 0 spiro atoms. The molecule has 1 rings (SSSR count). The van der Waals surface area contributed by atoms with Gasteiger partial charge in [0.15, 0.2) is 0 Å². The smallest absolute Gasteiger partial charge is 0.339 e. The monoisotopic (exact) mass is 506 g/mol. The minimum atomic E-state index is -1.73. The fraction of sp³-hybridized carbons (Fsp3) is 0.462. The zero-order valence-electron chi connectivity index (χ0n) is 21.5. The van der Waals surface area contributed by atoms with Crippen LogP contribution in [0.5, 0.6) is 0 Å². The SMILES string of the molecule is C=C(C)C(=O)OC(C)C(C)(O)COC(=O)c1ccccc1C(=O)OCC(C)(O)C(C)OC(=O)C(=C)C. The minimum Gasteiger partial charge on any atom is -0.459 e. The van der Waals surface area contributed by atoms with Crippen molar-refractivity contribution >= 4 is 23.9 Å². The first kappa shape index (κ1) is 30.5. The summed E-state index contributed by atoms with van der Waals surface area (Å²) in [7, 11) is 0. The van der Waals surface area contributed by atoms with Crippen LogP contribution in [0.2, 0.25) is 0 Å². The Balaban J connectivity index is 2.87. The van der Waals surface area contributed by atoms with Gasteiger partial charge in [-0.15, -0.1) is 0 Å². The van der Waals surface area contributed by atoms with Gasteiger partial charge in [-0.3, -0.25) is 0 Å². The average Bonchev–Trinajstić information content (AvgIpc) is 2.80. The molecule has 0 saturated carbocycles. The maximum absolute atomic E-state index is 12.7. The Bertz CT molecular complexity index is 940. The van der Waals surface area contributed by atoms with E-state index in [0.717, 1.165) is 0 Å². The number of esters is 4. The lowest BCUT2D eigenvalue weighted by molar-refractivity contribution is -0.161. The molecule has 0 aliphatic rings. The largest absolute Gasteiger partial charge is 0.459 e. The van der Waals surface area contributed by atoms with Crippen LogP contribution in [0.1, 0.15) is 62.3 Å². The fourth-order valence-corrected chi connectivity index (χ4v) is 2.43. The summed E-state index contributed by atoms with van der Waals surface area (Å²) in [5.41, 5.74) is -3.47. The molecule has 10 heteroatoms. The second-order valence-corrected chi connectivity index (χ2v) is 9.07. The number of carbonyl (C=O) groups excluding carboxylic acids is 4. The van der Waals surface area contributed by atoms with Gasteiger partial charge in [0.05, 0.1) is 11.1 Å². The van der Waals surface area contributed by atoms with Crippen LogP contribution in [0.15, 0.2) is 48.6 Å². The van der Waals surface area contributed by atoms with Gasteiger partial charge in [0, 0.05) is 11.1 Å². The van der Waals surface area contributed by atoms with E-state index in [-0.39, 0.29) is 22.3 Å². The van der Waals surface area contributed by atoms with Gasteiger partial charge >= 0.3 is 23.9 Å². The lowest BCUT2D eigenvalue weighted by Crippen LogP contribution is -2.45. The first-order valence-corrected chi connectivity index (χ1v) is 11.1. The Morgan fingerprint density at radius 1 is 0.778 bits per heavy atom. The Hall–Kier alpha value is -3.50. The van der Waals surface area contributed by atoms with Crippen molar-refractivity contribution in [2.24, 2.45) is 0 Å². The van der Waals surface area contributed by atoms with Crippen molar-refractivity contribution in [1.82, 2.24) is 0 Å². The molecular formula is C26H34O10. The zero-order valence-corrected chi connectivity index (χ0v) is 21.5. The van der Waals surface area contributed by atoms with Crippen molar-refractivity contribution in [2.45, 2.75) is 65.0 Å². The molecule has 0 bridgehead atoms. The van der Waals surface area contributed by atoms with Crippen molar-refractivity contribution in [3.8, 4) is 0 Å². The number of benzene rings is 1. The van der Waals surface area contributed by atoms with Gasteiger partial charge < -0.3 is 29.2 Å². The van der Waals surface area contributed by atoms with Gasteiger partial charge in [0.1, 0.15) is 36.6 Å². The zero-order chi connectivity index (χ0) is 27.8. The molecule has 1 aromatic carbocycles. The average molecular weight is 507 g/mol. The Morgan fingerprint density at radius 3 is 1.36 bits per heavy atom. The molecule has 0 amide bonds. The Labute approximate surface area is 210 Å². The number of aliphatic hydroxyl groups is 2. The molecule has 0 heterocycles. The Kier molecular flexibility index (Phi) is 10.6. The van der Waals surface area contributed by atoms with Crippen LogP contribution in [0.25, 0.3) is 0 Å². The van der Waals surface area contributed by atoms with Crippen molar-refractivity contribution in [3.63, 3.8) is 0 Å². The summed E-state index contributed by atoms with van der Waals surface area (Å²) in [6.45, 7) is 14.3. The van der Waals surface area contributed by atoms with E-state index < -0.39 is 60.5 Å². The van der Waals surface area contributed by atoms with Crippen molar-refractivity contribution < 1.29 is 48.3 Å². The summed E-state index contributed by atoms with van der Waals surface area (Å²) >= 11 is 0. The molecule has 4 unspecified atom stereocenters. The molecule has 10 nitrogen and oxygen atoms in total. The fourth-order valence-electron chi connectivity index (χ4n) is 2.43. The first-order chi connectivity index (χ1) is 16.5. The Morgan fingerprint density at radius 2 is 1.08 bits per heavy atom. The van der Waals surface area contributed by atoms with E-state index in [1.807, 2.05) is 0 Å². The molecule has 198 valence electrons. The quantitative estimate of drug-likeness (QED) is 0.246. The molecule has 2 N–H and O–H groups in total. The summed E-state index contributed by atoms with van der Waals surface area (Å²) < 4.78 is 20.5. The van der Waals surface area contributed by atoms with Gasteiger partial charge in [-0.05, 0) is 53.7 Å². The highest BCUT2D eigenvalue weighted by Gasteiger charge is 2.35. The lowest BCUT2D eigenvalue weighted by atomic mass is 10.0. The lowest BCUT2D eigenvalue weighted by Gasteiger charge is -2.29. The molecular weight excluding hydrogens is 472 g/mol. The topological polar surface area (TPSA) is 146 Å². The molecule has 1 aromatic rings. The number of hydrogen-bond donors (Lipinski definition) is 2. The van der Waals surface area contributed by atoms with E-state index in [1.54, 1.807) is 0 Å². The van der Waals surface area contributed by atoms with Crippen LogP contribution >= 0.6 is 0 Å². The van der Waals surface area contributed by atoms with Crippen LogP contribution in [0.4, 0.5) is 0 Å². The van der Waals surface area contributed by atoms with Crippen molar-refractivity contribution in [1.29, 1.82) is 0 Å². The van der Waals surface area contributed by atoms with E-state index in [2.05, 4.69) is 13.2 Å². The van der Waals surface area contributed by atoms with Crippen LogP contribution in [0.3, 0.4) is 0 Å². The third kappa shape index (κ3) is 8.62. The third-order valence-electron chi connectivity index (χ3n) is 5.37. The van der Waals surface area contributed by atoms with Crippen LogP contribution in [0, 0.1) is 0 Å². The van der Waals surface area contributed by atoms with Gasteiger partial charge in [0.25, 0.3) is 0 Å². The maximum Gasteiger partial charge on any atom is 0.339 e. The summed E-state index contributed by atoms with van der Waals surface area (Å²) in [6, 6.07) is 5.65. The van der Waals surface area contributed by atoms with E-state index in [1.165, 1.54) is 65.8 Å². The molecule has 0 aliphatic carbocycles.